The van der Waals surface area contributed by atoms with E-state index in [0.29, 0.717) is 5.92 Å². The lowest BCUT2D eigenvalue weighted by molar-refractivity contribution is 0.733. The van der Waals surface area contributed by atoms with Gasteiger partial charge in [0.25, 0.3) is 0 Å². The summed E-state index contributed by atoms with van der Waals surface area (Å²) in [7, 11) is 0. The molecular weight excluding hydrogens is 532 g/mol. The fourth-order valence-electron chi connectivity index (χ4n) is 6.18. The van der Waals surface area contributed by atoms with E-state index in [4.69, 9.17) is 0 Å². The standard InChI is InChI=1S/C42H36N2/c1-3-31(2)32-22-24-37(25-23-32)43(35-16-6-4-7-17-35)38-26-28-39(29-27-38)44(36-18-8-5-9-19-36)42-40-20-12-10-14-33(40)30-34-15-11-13-21-41(34)42/h4-31H,3H2,1-2H3. The minimum absolute atomic E-state index is 0.544. The molecule has 0 spiro atoms. The summed E-state index contributed by atoms with van der Waals surface area (Å²) in [5.74, 6) is 0.544. The predicted molar refractivity (Wildman–Crippen MR) is 190 cm³/mol. The lowest BCUT2D eigenvalue weighted by atomic mass is 9.98. The van der Waals surface area contributed by atoms with E-state index >= 15 is 0 Å². The number of para-hydroxylation sites is 2. The molecule has 0 aliphatic carbocycles. The topological polar surface area (TPSA) is 6.48 Å². The van der Waals surface area contributed by atoms with Crippen molar-refractivity contribution in [3.05, 3.63) is 169 Å². The van der Waals surface area contributed by atoms with Crippen LogP contribution in [-0.2, 0) is 0 Å². The maximum Gasteiger partial charge on any atom is 0.0618 e. The maximum atomic E-state index is 2.40. The Balaban J connectivity index is 1.38. The Morgan fingerprint density at radius 1 is 0.432 bits per heavy atom. The van der Waals surface area contributed by atoms with Crippen molar-refractivity contribution in [1.29, 1.82) is 0 Å². The van der Waals surface area contributed by atoms with E-state index in [9.17, 15) is 0 Å². The highest BCUT2D eigenvalue weighted by Crippen LogP contribution is 2.44. The van der Waals surface area contributed by atoms with Crippen molar-refractivity contribution in [3.63, 3.8) is 0 Å². The van der Waals surface area contributed by atoms with Gasteiger partial charge in [0.1, 0.15) is 0 Å². The van der Waals surface area contributed by atoms with E-state index in [2.05, 4.69) is 187 Å². The molecule has 1 unspecified atom stereocenters. The fraction of sp³-hybridized carbons (Fsp3) is 0.0952. The van der Waals surface area contributed by atoms with E-state index in [1.807, 2.05) is 0 Å². The van der Waals surface area contributed by atoms with Gasteiger partial charge >= 0.3 is 0 Å². The molecule has 0 N–H and O–H groups in total. The van der Waals surface area contributed by atoms with Crippen molar-refractivity contribution in [1.82, 2.24) is 0 Å². The van der Waals surface area contributed by atoms with Gasteiger partial charge in [-0.05, 0) is 95.4 Å². The molecule has 2 heteroatoms. The van der Waals surface area contributed by atoms with Crippen LogP contribution in [0.5, 0.6) is 0 Å². The SMILES string of the molecule is CCC(C)c1ccc(N(c2ccccc2)c2ccc(N(c3ccccc3)c3c4ccccc4cc4ccccc34)cc2)cc1. The Bertz CT molecular complexity index is 1940. The molecule has 0 heterocycles. The summed E-state index contributed by atoms with van der Waals surface area (Å²) in [5, 5.41) is 4.92. The van der Waals surface area contributed by atoms with Gasteiger partial charge in [0, 0.05) is 39.2 Å². The first-order valence-corrected chi connectivity index (χ1v) is 15.5. The van der Waals surface area contributed by atoms with E-state index in [0.717, 1.165) is 34.9 Å². The third-order valence-electron chi connectivity index (χ3n) is 8.69. The van der Waals surface area contributed by atoms with Gasteiger partial charge in [-0.15, -0.1) is 0 Å². The molecule has 0 amide bonds. The zero-order chi connectivity index (χ0) is 29.9. The molecule has 0 saturated heterocycles. The number of nitrogens with zero attached hydrogens (tertiary/aromatic N) is 2. The number of hydrogen-bond acceptors (Lipinski definition) is 2. The summed E-state index contributed by atoms with van der Waals surface area (Å²) < 4.78 is 0. The first kappa shape index (κ1) is 27.5. The molecule has 0 aliphatic heterocycles. The number of benzene rings is 7. The smallest absolute Gasteiger partial charge is 0.0618 e. The summed E-state index contributed by atoms with van der Waals surface area (Å²) in [6.07, 6.45) is 1.13. The van der Waals surface area contributed by atoms with Crippen molar-refractivity contribution in [3.8, 4) is 0 Å². The molecular formula is C42H36N2. The van der Waals surface area contributed by atoms with Gasteiger partial charge in [0.05, 0.1) is 5.69 Å². The zero-order valence-electron chi connectivity index (χ0n) is 25.3. The summed E-state index contributed by atoms with van der Waals surface area (Å²) in [6.45, 7) is 4.54. The second-order valence-corrected chi connectivity index (χ2v) is 11.4. The average Bonchev–Trinajstić information content (AvgIpc) is 3.10. The molecule has 44 heavy (non-hydrogen) atoms. The Morgan fingerprint density at radius 2 is 0.818 bits per heavy atom. The van der Waals surface area contributed by atoms with E-state index in [1.165, 1.54) is 32.8 Å². The summed E-state index contributed by atoms with van der Waals surface area (Å²) >= 11 is 0. The average molecular weight is 569 g/mol. The third-order valence-corrected chi connectivity index (χ3v) is 8.69. The predicted octanol–water partition coefficient (Wildman–Crippen LogP) is 12.4. The van der Waals surface area contributed by atoms with Gasteiger partial charge in [-0.3, -0.25) is 0 Å². The highest BCUT2D eigenvalue weighted by Gasteiger charge is 2.20. The van der Waals surface area contributed by atoms with E-state index in [-0.39, 0.29) is 0 Å². The Morgan fingerprint density at radius 3 is 1.32 bits per heavy atom. The second-order valence-electron chi connectivity index (χ2n) is 11.4. The zero-order valence-corrected chi connectivity index (χ0v) is 25.3. The minimum atomic E-state index is 0.544. The van der Waals surface area contributed by atoms with Crippen LogP contribution in [0.1, 0.15) is 31.7 Å². The fourth-order valence-corrected chi connectivity index (χ4v) is 6.18. The van der Waals surface area contributed by atoms with E-state index < -0.39 is 0 Å². The van der Waals surface area contributed by atoms with Gasteiger partial charge in [-0.2, -0.15) is 0 Å². The molecule has 214 valence electrons. The van der Waals surface area contributed by atoms with Gasteiger partial charge in [0.2, 0.25) is 0 Å². The number of anilines is 6. The van der Waals surface area contributed by atoms with Crippen LogP contribution in [0, 0.1) is 0 Å². The van der Waals surface area contributed by atoms with Crippen LogP contribution in [-0.4, -0.2) is 0 Å². The van der Waals surface area contributed by atoms with Crippen LogP contribution < -0.4 is 9.80 Å². The highest BCUT2D eigenvalue weighted by atomic mass is 15.2. The van der Waals surface area contributed by atoms with Gasteiger partial charge in [0.15, 0.2) is 0 Å². The summed E-state index contributed by atoms with van der Waals surface area (Å²) in [4.78, 5) is 4.74. The molecule has 2 nitrogen and oxygen atoms in total. The minimum Gasteiger partial charge on any atom is -0.311 e. The number of rotatable bonds is 8. The lowest BCUT2D eigenvalue weighted by Gasteiger charge is -2.30. The van der Waals surface area contributed by atoms with Crippen molar-refractivity contribution in [2.75, 3.05) is 9.80 Å². The number of fused-ring (bicyclic) bond motifs is 2. The molecule has 0 radical (unpaired) electrons. The Hall–Kier alpha value is -5.34. The normalized spacial score (nSPS) is 11.9. The second kappa shape index (κ2) is 12.1. The lowest BCUT2D eigenvalue weighted by Crippen LogP contribution is -2.13. The van der Waals surface area contributed by atoms with Gasteiger partial charge < -0.3 is 9.80 Å². The van der Waals surface area contributed by atoms with E-state index in [1.54, 1.807) is 0 Å². The summed E-state index contributed by atoms with van der Waals surface area (Å²) in [6, 6.07) is 59.1. The Kier molecular flexibility index (Phi) is 7.56. The van der Waals surface area contributed by atoms with Gasteiger partial charge in [-0.1, -0.05) is 111 Å². The van der Waals surface area contributed by atoms with Crippen LogP contribution in [0.25, 0.3) is 21.5 Å². The highest BCUT2D eigenvalue weighted by molar-refractivity contribution is 6.14. The Labute approximate surface area is 260 Å². The van der Waals surface area contributed by atoms with Crippen molar-refractivity contribution < 1.29 is 0 Å². The molecule has 0 bridgehead atoms. The molecule has 0 aromatic heterocycles. The third kappa shape index (κ3) is 5.20. The molecule has 7 aromatic rings. The van der Waals surface area contributed by atoms with Gasteiger partial charge in [-0.25, -0.2) is 0 Å². The van der Waals surface area contributed by atoms with Crippen molar-refractivity contribution >= 4 is 55.7 Å². The van der Waals surface area contributed by atoms with Crippen molar-refractivity contribution in [2.24, 2.45) is 0 Å². The number of hydrogen-bond donors (Lipinski definition) is 0. The molecule has 1 atom stereocenters. The molecule has 0 aliphatic rings. The first-order chi connectivity index (χ1) is 21.7. The van der Waals surface area contributed by atoms with Crippen LogP contribution in [0.2, 0.25) is 0 Å². The molecule has 0 saturated carbocycles. The van der Waals surface area contributed by atoms with Crippen LogP contribution in [0.4, 0.5) is 34.1 Å². The maximum absolute atomic E-state index is 2.40. The first-order valence-electron chi connectivity index (χ1n) is 15.5. The van der Waals surface area contributed by atoms with Crippen LogP contribution >= 0.6 is 0 Å². The monoisotopic (exact) mass is 568 g/mol. The van der Waals surface area contributed by atoms with Crippen molar-refractivity contribution in [2.45, 2.75) is 26.2 Å². The summed E-state index contributed by atoms with van der Waals surface area (Å²) in [5.41, 5.74) is 8.21. The van der Waals surface area contributed by atoms with Crippen LogP contribution in [0.3, 0.4) is 0 Å². The molecule has 0 fully saturated rings. The largest absolute Gasteiger partial charge is 0.311 e. The van der Waals surface area contributed by atoms with Crippen LogP contribution in [0.15, 0.2) is 164 Å². The molecule has 7 rings (SSSR count). The quantitative estimate of drug-likeness (QED) is 0.168. The molecule has 7 aromatic carbocycles.